The molecule has 4 rings (SSSR count). The predicted molar refractivity (Wildman–Crippen MR) is 129 cm³/mol. The van der Waals surface area contributed by atoms with Gasteiger partial charge in [-0.15, -0.1) is 22.7 Å². The average Bonchev–Trinajstić information content (AvgIpc) is 3.33. The van der Waals surface area contributed by atoms with Crippen molar-refractivity contribution in [3.05, 3.63) is 36.4 Å². The molecule has 0 spiro atoms. The lowest BCUT2D eigenvalue weighted by molar-refractivity contribution is -0.115. The number of hydrogen-bond donors (Lipinski definition) is 2. The Morgan fingerprint density at radius 1 is 0.800 bits per heavy atom. The monoisotopic (exact) mass is 474 g/mol. The number of nitrogens with zero attached hydrogens (tertiary/aromatic N) is 2. The summed E-state index contributed by atoms with van der Waals surface area (Å²) in [6.45, 7) is 0. The minimum Gasteiger partial charge on any atom is -0.388 e. The first-order valence-electron chi connectivity index (χ1n) is 9.12. The summed E-state index contributed by atoms with van der Waals surface area (Å²) in [7, 11) is 3.73. The summed E-state index contributed by atoms with van der Waals surface area (Å²) in [5.74, 6) is 0. The van der Waals surface area contributed by atoms with Crippen molar-refractivity contribution in [2.45, 2.75) is 21.5 Å². The van der Waals surface area contributed by atoms with Gasteiger partial charge in [-0.1, -0.05) is 0 Å². The van der Waals surface area contributed by atoms with Crippen LogP contribution in [0.15, 0.2) is 45.1 Å². The number of thiazole rings is 2. The molecule has 0 atom stereocenters. The van der Waals surface area contributed by atoms with Crippen molar-refractivity contribution in [3.63, 3.8) is 0 Å². The Hall–Kier alpha value is -2.14. The number of anilines is 2. The number of benzene rings is 2. The molecule has 10 heteroatoms. The van der Waals surface area contributed by atoms with Gasteiger partial charge in [0.05, 0.1) is 20.4 Å². The summed E-state index contributed by atoms with van der Waals surface area (Å²) in [6, 6.07) is 11.8. The molecule has 0 radical (unpaired) electrons. The average molecular weight is 475 g/mol. The molecule has 4 aromatic rings. The molecule has 2 aromatic heterocycles. The number of nitrogens with one attached hydrogen (secondary N) is 2. The molecule has 0 unspecified atom stereocenters. The number of hydrogen-bond acceptors (Lipinski definition) is 10. The van der Waals surface area contributed by atoms with Crippen LogP contribution >= 0.6 is 46.2 Å². The van der Waals surface area contributed by atoms with Crippen molar-refractivity contribution in [1.29, 1.82) is 0 Å². The molecular formula is C20H18N4O2S4. The van der Waals surface area contributed by atoms with Gasteiger partial charge in [0.2, 0.25) is 0 Å². The lowest BCUT2D eigenvalue weighted by Crippen LogP contribution is -1.97. The Morgan fingerprint density at radius 3 is 1.63 bits per heavy atom. The minimum atomic E-state index is -0.0557. The van der Waals surface area contributed by atoms with E-state index in [1.807, 2.05) is 50.5 Å². The van der Waals surface area contributed by atoms with Gasteiger partial charge < -0.3 is 10.6 Å². The van der Waals surface area contributed by atoms with E-state index in [0.717, 1.165) is 55.3 Å². The second-order valence-corrected chi connectivity index (χ2v) is 10.9. The van der Waals surface area contributed by atoms with Gasteiger partial charge in [-0.3, -0.25) is 9.59 Å². The third-order valence-electron chi connectivity index (χ3n) is 4.25. The standard InChI is InChI=1S/C20H18N4O2S4/c1-21-11-3-5-13-15(9-11)27-19(23-13)29-17(25)7-8-18(26)30-20-24-14-6-4-12(22-2)10-16(14)28-20/h3-6,9-10,21-22H,7-8H2,1-2H3. The zero-order valence-electron chi connectivity index (χ0n) is 16.2. The van der Waals surface area contributed by atoms with E-state index < -0.39 is 0 Å². The van der Waals surface area contributed by atoms with Crippen LogP contribution in [0.1, 0.15) is 12.8 Å². The van der Waals surface area contributed by atoms with Crippen LogP contribution in [0.5, 0.6) is 0 Å². The molecule has 0 saturated carbocycles. The molecule has 0 aliphatic rings. The van der Waals surface area contributed by atoms with Crippen LogP contribution in [-0.2, 0) is 9.59 Å². The number of carbonyl (C=O) groups is 2. The third kappa shape index (κ3) is 4.94. The highest BCUT2D eigenvalue weighted by Gasteiger charge is 2.15. The van der Waals surface area contributed by atoms with Crippen LogP contribution in [0.2, 0.25) is 0 Å². The van der Waals surface area contributed by atoms with E-state index in [0.29, 0.717) is 8.68 Å². The van der Waals surface area contributed by atoms with Crippen LogP contribution in [0.4, 0.5) is 11.4 Å². The highest BCUT2D eigenvalue weighted by molar-refractivity contribution is 8.15. The smallest absolute Gasteiger partial charge is 0.196 e. The number of thioether (sulfide) groups is 2. The number of carbonyl (C=O) groups excluding carboxylic acids is 2. The summed E-state index contributed by atoms with van der Waals surface area (Å²) in [5.41, 5.74) is 3.76. The van der Waals surface area contributed by atoms with Crippen LogP contribution < -0.4 is 10.6 Å². The Labute approximate surface area is 189 Å². The van der Waals surface area contributed by atoms with Gasteiger partial charge in [0.1, 0.15) is 0 Å². The number of aromatic nitrogens is 2. The fourth-order valence-corrected chi connectivity index (χ4v) is 6.69. The largest absolute Gasteiger partial charge is 0.388 e. The van der Waals surface area contributed by atoms with Crippen LogP contribution in [0.25, 0.3) is 20.4 Å². The molecule has 154 valence electrons. The van der Waals surface area contributed by atoms with E-state index in [1.54, 1.807) is 0 Å². The number of fused-ring (bicyclic) bond motifs is 2. The van der Waals surface area contributed by atoms with Gasteiger partial charge in [0.15, 0.2) is 18.9 Å². The molecule has 2 heterocycles. The minimum absolute atomic E-state index is 0.0557. The second kappa shape index (κ2) is 9.34. The molecule has 2 N–H and O–H groups in total. The van der Waals surface area contributed by atoms with E-state index in [9.17, 15) is 9.59 Å². The fourth-order valence-electron chi connectivity index (χ4n) is 2.71. The fraction of sp³-hybridized carbons (Fsp3) is 0.200. The summed E-state index contributed by atoms with van der Waals surface area (Å²) in [5, 5.41) is 6.08. The van der Waals surface area contributed by atoms with Crippen molar-refractivity contribution in [1.82, 2.24) is 9.97 Å². The summed E-state index contributed by atoms with van der Waals surface area (Å²) in [6.07, 6.45) is 0.367. The molecule has 0 aliphatic carbocycles. The normalized spacial score (nSPS) is 11.1. The van der Waals surface area contributed by atoms with Crippen molar-refractivity contribution < 1.29 is 9.59 Å². The van der Waals surface area contributed by atoms with Crippen LogP contribution in [0.3, 0.4) is 0 Å². The van der Waals surface area contributed by atoms with E-state index in [1.165, 1.54) is 22.7 Å². The first-order valence-corrected chi connectivity index (χ1v) is 12.4. The lowest BCUT2D eigenvalue weighted by atomic mass is 10.3. The van der Waals surface area contributed by atoms with E-state index >= 15 is 0 Å². The Morgan fingerprint density at radius 2 is 1.23 bits per heavy atom. The van der Waals surface area contributed by atoms with E-state index in [2.05, 4.69) is 20.6 Å². The first-order chi connectivity index (χ1) is 14.5. The molecule has 0 saturated heterocycles. The molecule has 0 amide bonds. The van der Waals surface area contributed by atoms with Crippen molar-refractivity contribution in [2.75, 3.05) is 24.7 Å². The SMILES string of the molecule is CNc1ccc2nc(SC(=O)CCC(=O)Sc3nc4ccc(NC)cc4s3)sc2c1. The zero-order valence-corrected chi connectivity index (χ0v) is 19.5. The molecule has 2 aromatic carbocycles. The highest BCUT2D eigenvalue weighted by Crippen LogP contribution is 2.34. The topological polar surface area (TPSA) is 84.0 Å². The predicted octanol–water partition coefficient (Wildman–Crippen LogP) is 5.71. The van der Waals surface area contributed by atoms with Crippen molar-refractivity contribution in [3.8, 4) is 0 Å². The Balaban J connectivity index is 1.31. The highest BCUT2D eigenvalue weighted by atomic mass is 32.2. The maximum Gasteiger partial charge on any atom is 0.196 e. The van der Waals surface area contributed by atoms with Crippen molar-refractivity contribution >= 4 is 88.2 Å². The molecular weight excluding hydrogens is 457 g/mol. The maximum atomic E-state index is 12.3. The van der Waals surface area contributed by atoms with Crippen LogP contribution in [0, 0.1) is 0 Å². The molecule has 0 aliphatic heterocycles. The quantitative estimate of drug-likeness (QED) is 0.330. The Bertz CT molecular complexity index is 1140. The van der Waals surface area contributed by atoms with E-state index in [-0.39, 0.29) is 23.1 Å². The van der Waals surface area contributed by atoms with Gasteiger partial charge >= 0.3 is 0 Å². The molecule has 6 nitrogen and oxygen atoms in total. The summed E-state index contributed by atoms with van der Waals surface area (Å²) < 4.78 is 3.46. The zero-order chi connectivity index (χ0) is 21.1. The molecule has 0 fully saturated rings. The van der Waals surface area contributed by atoms with Gasteiger partial charge in [0, 0.05) is 38.3 Å². The van der Waals surface area contributed by atoms with Gasteiger partial charge in [0.25, 0.3) is 0 Å². The van der Waals surface area contributed by atoms with Gasteiger partial charge in [-0.2, -0.15) is 0 Å². The maximum absolute atomic E-state index is 12.3. The van der Waals surface area contributed by atoms with Gasteiger partial charge in [-0.05, 0) is 59.9 Å². The van der Waals surface area contributed by atoms with Crippen molar-refractivity contribution in [2.24, 2.45) is 0 Å². The third-order valence-corrected chi connectivity index (χ3v) is 8.27. The first kappa shape index (κ1) is 21.1. The second-order valence-electron chi connectivity index (χ2n) is 6.27. The van der Waals surface area contributed by atoms with Crippen LogP contribution in [-0.4, -0.2) is 34.3 Å². The Kier molecular flexibility index (Phi) is 6.57. The summed E-state index contributed by atoms with van der Waals surface area (Å²) >= 11 is 5.18. The van der Waals surface area contributed by atoms with E-state index in [4.69, 9.17) is 0 Å². The van der Waals surface area contributed by atoms with Gasteiger partial charge in [-0.25, -0.2) is 9.97 Å². The molecule has 30 heavy (non-hydrogen) atoms. The molecule has 0 bridgehead atoms. The number of rotatable bonds is 7. The summed E-state index contributed by atoms with van der Waals surface area (Å²) in [4.78, 5) is 33.6. The lowest BCUT2D eigenvalue weighted by Gasteiger charge is -1.97.